The molecule has 0 fully saturated rings. The van der Waals surface area contributed by atoms with E-state index in [9.17, 15) is 0 Å². The van der Waals surface area contributed by atoms with Gasteiger partial charge in [0, 0.05) is 22.8 Å². The number of methoxy groups -OCH3 is 1. The van der Waals surface area contributed by atoms with E-state index in [4.69, 9.17) is 16.3 Å². The number of anilines is 2. The predicted octanol–water partition coefficient (Wildman–Crippen LogP) is 4.56. The highest BCUT2D eigenvalue weighted by Crippen LogP contribution is 2.29. The Morgan fingerprint density at radius 1 is 1.50 bits per heavy atom. The number of hydrogen-bond donors (Lipinski definition) is 1. The molecule has 0 aliphatic carbocycles. The van der Waals surface area contributed by atoms with Gasteiger partial charge < -0.3 is 14.6 Å². The second kappa shape index (κ2) is 6.61. The van der Waals surface area contributed by atoms with E-state index in [1.54, 1.807) is 7.11 Å². The maximum absolute atomic E-state index is 6.03. The molecule has 108 valence electrons. The van der Waals surface area contributed by atoms with Crippen molar-refractivity contribution >= 4 is 39.2 Å². The number of aryl methyl sites for hydroxylation is 1. The first-order chi connectivity index (χ1) is 9.51. The molecule has 2 aromatic rings. The molecule has 1 heterocycles. The minimum absolute atomic E-state index is 0.196. The molecule has 4 nitrogen and oxygen atoms in total. The molecule has 0 saturated heterocycles. The molecule has 0 aliphatic heterocycles. The molecule has 0 aliphatic rings. The summed E-state index contributed by atoms with van der Waals surface area (Å²) < 4.78 is 8.21. The number of nitrogens with one attached hydrogen (secondary N) is 1. The molecule has 0 amide bonds. The molecule has 0 radical (unpaired) electrons. The Kier molecular flexibility index (Phi) is 5.07. The van der Waals surface area contributed by atoms with Crippen molar-refractivity contribution in [2.45, 2.75) is 19.9 Å². The van der Waals surface area contributed by atoms with Crippen molar-refractivity contribution in [3.63, 3.8) is 0 Å². The lowest BCUT2D eigenvalue weighted by Gasteiger charge is -2.16. The SMILES string of the molecule is COCC(C)n1cc(C)nc1Nc1cc(Cl)ccc1Br. The van der Waals surface area contributed by atoms with Gasteiger partial charge in [-0.15, -0.1) is 0 Å². The fourth-order valence-corrected chi connectivity index (χ4v) is 2.50. The number of halogens is 2. The average molecular weight is 359 g/mol. The number of rotatable bonds is 5. The number of hydrogen-bond acceptors (Lipinski definition) is 3. The van der Waals surface area contributed by atoms with Crippen LogP contribution in [0.3, 0.4) is 0 Å². The molecule has 0 saturated carbocycles. The van der Waals surface area contributed by atoms with Gasteiger partial charge in [0.1, 0.15) is 0 Å². The van der Waals surface area contributed by atoms with Crippen LogP contribution in [0.15, 0.2) is 28.9 Å². The standard InChI is InChI=1S/C14H17BrClN3O/c1-9-7-19(10(2)8-20-3)14(17-9)18-13-6-11(16)4-5-12(13)15/h4-7,10H,8H2,1-3H3,(H,17,18). The van der Waals surface area contributed by atoms with Gasteiger partial charge in [-0.3, -0.25) is 0 Å². The summed E-state index contributed by atoms with van der Waals surface area (Å²) in [4.78, 5) is 4.51. The lowest BCUT2D eigenvalue weighted by molar-refractivity contribution is 0.163. The molecule has 1 atom stereocenters. The number of benzene rings is 1. The molecule has 1 unspecified atom stereocenters. The van der Waals surface area contributed by atoms with Crippen LogP contribution in [0.4, 0.5) is 11.6 Å². The fraction of sp³-hybridized carbons (Fsp3) is 0.357. The third-order valence-corrected chi connectivity index (χ3v) is 3.84. The first-order valence-corrected chi connectivity index (χ1v) is 7.45. The lowest BCUT2D eigenvalue weighted by atomic mass is 10.3. The van der Waals surface area contributed by atoms with Crippen LogP contribution < -0.4 is 5.32 Å². The molecular weight excluding hydrogens is 342 g/mol. The van der Waals surface area contributed by atoms with E-state index < -0.39 is 0 Å². The highest BCUT2D eigenvalue weighted by Gasteiger charge is 2.13. The summed E-state index contributed by atoms with van der Waals surface area (Å²) in [6.07, 6.45) is 2.00. The van der Waals surface area contributed by atoms with Crippen LogP contribution in [0, 0.1) is 6.92 Å². The minimum Gasteiger partial charge on any atom is -0.383 e. The predicted molar refractivity (Wildman–Crippen MR) is 86.0 cm³/mol. The van der Waals surface area contributed by atoms with E-state index in [0.717, 1.165) is 21.8 Å². The highest BCUT2D eigenvalue weighted by molar-refractivity contribution is 9.10. The lowest BCUT2D eigenvalue weighted by Crippen LogP contribution is -2.12. The number of nitrogens with zero attached hydrogens (tertiary/aromatic N) is 2. The Hall–Kier alpha value is -1.04. The second-order valence-corrected chi connectivity index (χ2v) is 5.96. The van der Waals surface area contributed by atoms with Gasteiger partial charge in [-0.05, 0) is 48.0 Å². The van der Waals surface area contributed by atoms with Gasteiger partial charge in [0.05, 0.1) is 24.0 Å². The maximum Gasteiger partial charge on any atom is 0.207 e. The molecule has 0 bridgehead atoms. The van der Waals surface area contributed by atoms with Crippen LogP contribution in [0.5, 0.6) is 0 Å². The zero-order chi connectivity index (χ0) is 14.7. The van der Waals surface area contributed by atoms with E-state index >= 15 is 0 Å². The number of ether oxygens (including phenoxy) is 1. The first kappa shape index (κ1) is 15.4. The van der Waals surface area contributed by atoms with Crippen molar-refractivity contribution in [1.29, 1.82) is 0 Å². The van der Waals surface area contributed by atoms with Gasteiger partial charge in [0.15, 0.2) is 0 Å². The van der Waals surface area contributed by atoms with E-state index in [0.29, 0.717) is 11.6 Å². The Bertz CT molecular complexity index is 600. The molecule has 6 heteroatoms. The van der Waals surface area contributed by atoms with Gasteiger partial charge in [-0.2, -0.15) is 0 Å². The van der Waals surface area contributed by atoms with Crippen molar-refractivity contribution < 1.29 is 4.74 Å². The van der Waals surface area contributed by atoms with E-state index in [2.05, 4.69) is 37.7 Å². The van der Waals surface area contributed by atoms with Crippen LogP contribution in [0.1, 0.15) is 18.7 Å². The largest absolute Gasteiger partial charge is 0.383 e. The highest BCUT2D eigenvalue weighted by atomic mass is 79.9. The Morgan fingerprint density at radius 2 is 2.25 bits per heavy atom. The molecule has 20 heavy (non-hydrogen) atoms. The summed E-state index contributed by atoms with van der Waals surface area (Å²) in [7, 11) is 1.70. The molecule has 1 N–H and O–H groups in total. The topological polar surface area (TPSA) is 39.1 Å². The van der Waals surface area contributed by atoms with Crippen LogP contribution in [0.2, 0.25) is 5.02 Å². The zero-order valence-electron chi connectivity index (χ0n) is 11.7. The van der Waals surface area contributed by atoms with Crippen molar-refractivity contribution in [1.82, 2.24) is 9.55 Å². The van der Waals surface area contributed by atoms with Crippen LogP contribution >= 0.6 is 27.5 Å². The Labute approximate surface area is 132 Å². The summed E-state index contributed by atoms with van der Waals surface area (Å²) in [6.45, 7) is 4.68. The monoisotopic (exact) mass is 357 g/mol. The zero-order valence-corrected chi connectivity index (χ0v) is 14.0. The number of imidazole rings is 1. The summed E-state index contributed by atoms with van der Waals surface area (Å²) in [5, 5.41) is 3.98. The summed E-state index contributed by atoms with van der Waals surface area (Å²) in [5.41, 5.74) is 1.84. The maximum atomic E-state index is 6.03. The molecule has 1 aromatic carbocycles. The van der Waals surface area contributed by atoms with E-state index in [1.807, 2.05) is 31.3 Å². The number of aromatic nitrogens is 2. The molecular formula is C14H17BrClN3O. The van der Waals surface area contributed by atoms with Gasteiger partial charge >= 0.3 is 0 Å². The smallest absolute Gasteiger partial charge is 0.207 e. The van der Waals surface area contributed by atoms with Crippen molar-refractivity contribution in [3.8, 4) is 0 Å². The summed E-state index contributed by atoms with van der Waals surface area (Å²) in [6, 6.07) is 5.80. The fourth-order valence-electron chi connectivity index (χ4n) is 1.98. The van der Waals surface area contributed by atoms with Crippen LogP contribution in [0.25, 0.3) is 0 Å². The van der Waals surface area contributed by atoms with E-state index in [1.165, 1.54) is 0 Å². The van der Waals surface area contributed by atoms with Crippen LogP contribution in [-0.2, 0) is 4.74 Å². The quantitative estimate of drug-likeness (QED) is 0.851. The second-order valence-electron chi connectivity index (χ2n) is 4.67. The molecule has 0 spiro atoms. The van der Waals surface area contributed by atoms with E-state index in [-0.39, 0.29) is 6.04 Å². The van der Waals surface area contributed by atoms with Gasteiger partial charge in [-0.25, -0.2) is 4.98 Å². The minimum atomic E-state index is 0.196. The van der Waals surface area contributed by atoms with Crippen molar-refractivity contribution in [2.24, 2.45) is 0 Å². The van der Waals surface area contributed by atoms with Crippen LogP contribution in [-0.4, -0.2) is 23.3 Å². The van der Waals surface area contributed by atoms with Crippen molar-refractivity contribution in [3.05, 3.63) is 39.6 Å². The Balaban J connectivity index is 2.31. The third-order valence-electron chi connectivity index (χ3n) is 2.91. The Morgan fingerprint density at radius 3 is 2.95 bits per heavy atom. The first-order valence-electron chi connectivity index (χ1n) is 6.27. The third kappa shape index (κ3) is 3.53. The van der Waals surface area contributed by atoms with Crippen molar-refractivity contribution in [2.75, 3.05) is 19.0 Å². The molecule has 2 rings (SSSR count). The van der Waals surface area contributed by atoms with Gasteiger partial charge in [0.25, 0.3) is 0 Å². The summed E-state index contributed by atoms with van der Waals surface area (Å²) in [5.74, 6) is 0.773. The normalized spacial score (nSPS) is 12.4. The summed E-state index contributed by atoms with van der Waals surface area (Å²) >= 11 is 9.54. The molecule has 1 aromatic heterocycles. The average Bonchev–Trinajstić information content (AvgIpc) is 2.75. The van der Waals surface area contributed by atoms with Gasteiger partial charge in [0.2, 0.25) is 5.95 Å². The van der Waals surface area contributed by atoms with Gasteiger partial charge in [-0.1, -0.05) is 11.6 Å².